The predicted octanol–water partition coefficient (Wildman–Crippen LogP) is 1.16. The summed E-state index contributed by atoms with van der Waals surface area (Å²) in [5.74, 6) is -2.11. The number of methoxy groups -OCH3 is 1. The number of nitriles is 1. The Labute approximate surface area is 172 Å². The summed E-state index contributed by atoms with van der Waals surface area (Å²) in [5.41, 5.74) is 5.82. The molecule has 1 aromatic rings. The van der Waals surface area contributed by atoms with Gasteiger partial charge in [-0.05, 0) is 23.6 Å². The normalized spacial score (nSPS) is 15.5. The zero-order chi connectivity index (χ0) is 23.1. The van der Waals surface area contributed by atoms with E-state index in [4.69, 9.17) is 15.7 Å². The number of carbonyl (C=O) groups excluding carboxylic acids is 2. The van der Waals surface area contributed by atoms with Gasteiger partial charge in [-0.15, -0.1) is 0 Å². The number of hydrogen-bond donors (Lipinski definition) is 4. The third kappa shape index (κ3) is 6.89. The predicted molar refractivity (Wildman–Crippen MR) is 101 cm³/mol. The number of nitrogens with zero attached hydrogens (tertiary/aromatic N) is 1. The molecule has 1 aromatic carbocycles. The molecule has 0 saturated carbocycles. The highest BCUT2D eigenvalue weighted by Gasteiger charge is 2.45. The van der Waals surface area contributed by atoms with E-state index in [-0.39, 0.29) is 12.0 Å². The average molecular weight is 430 g/mol. The van der Waals surface area contributed by atoms with E-state index in [1.54, 1.807) is 6.07 Å². The number of alkyl halides is 3. The molecule has 0 spiro atoms. The van der Waals surface area contributed by atoms with E-state index < -0.39 is 48.1 Å². The molecule has 11 heteroatoms. The Hall–Kier alpha value is -2.84. The van der Waals surface area contributed by atoms with Crippen LogP contribution < -0.4 is 21.1 Å². The van der Waals surface area contributed by atoms with Crippen molar-refractivity contribution in [3.63, 3.8) is 0 Å². The Morgan fingerprint density at radius 2 is 1.77 bits per heavy atom. The number of aliphatic hydroxyl groups is 1. The summed E-state index contributed by atoms with van der Waals surface area (Å²) in [7, 11) is 1.42. The highest BCUT2D eigenvalue weighted by molar-refractivity contribution is 5.90. The van der Waals surface area contributed by atoms with Crippen LogP contribution in [0.1, 0.15) is 31.9 Å². The molecular formula is C19H25F3N4O4. The number of rotatable bonds is 9. The van der Waals surface area contributed by atoms with Crippen LogP contribution in [-0.2, 0) is 9.59 Å². The van der Waals surface area contributed by atoms with Gasteiger partial charge >= 0.3 is 6.18 Å². The highest BCUT2D eigenvalue weighted by atomic mass is 19.4. The number of hydrogen-bond acceptors (Lipinski definition) is 6. The van der Waals surface area contributed by atoms with Crippen molar-refractivity contribution in [2.75, 3.05) is 7.11 Å². The highest BCUT2D eigenvalue weighted by Crippen LogP contribution is 2.26. The molecule has 0 aliphatic carbocycles. The fraction of sp³-hybridized carbons (Fsp3) is 0.526. The topological polar surface area (TPSA) is 137 Å². The van der Waals surface area contributed by atoms with Crippen LogP contribution in [-0.4, -0.2) is 48.4 Å². The Morgan fingerprint density at radius 1 is 1.20 bits per heavy atom. The van der Waals surface area contributed by atoms with Crippen molar-refractivity contribution in [2.45, 2.75) is 50.7 Å². The second kappa shape index (κ2) is 10.8. The van der Waals surface area contributed by atoms with Crippen molar-refractivity contribution in [3.8, 4) is 11.8 Å². The van der Waals surface area contributed by atoms with Gasteiger partial charge in [-0.2, -0.15) is 18.4 Å². The van der Waals surface area contributed by atoms with Gasteiger partial charge in [-0.3, -0.25) is 9.59 Å². The van der Waals surface area contributed by atoms with Gasteiger partial charge in [0.1, 0.15) is 11.8 Å². The van der Waals surface area contributed by atoms with Gasteiger partial charge < -0.3 is 26.2 Å². The average Bonchev–Trinajstić information content (AvgIpc) is 2.68. The minimum absolute atomic E-state index is 0.245. The third-order valence-electron chi connectivity index (χ3n) is 4.35. The Kier molecular flexibility index (Phi) is 9.07. The smallest absolute Gasteiger partial charge is 0.416 e. The molecule has 0 saturated heterocycles. The summed E-state index contributed by atoms with van der Waals surface area (Å²) < 4.78 is 44.0. The molecule has 0 fully saturated rings. The molecule has 166 valence electrons. The van der Waals surface area contributed by atoms with Crippen LogP contribution in [0.3, 0.4) is 0 Å². The Balaban J connectivity index is 3.19. The van der Waals surface area contributed by atoms with Gasteiger partial charge in [0.05, 0.1) is 31.7 Å². The molecule has 4 unspecified atom stereocenters. The first kappa shape index (κ1) is 25.2. The minimum Gasteiger partial charge on any atom is -0.497 e. The maximum Gasteiger partial charge on any atom is 0.416 e. The van der Waals surface area contributed by atoms with Gasteiger partial charge in [0.25, 0.3) is 0 Å². The van der Waals surface area contributed by atoms with E-state index in [0.717, 1.165) is 0 Å². The number of carbonyl (C=O) groups is 2. The number of ether oxygens (including phenoxy) is 1. The Bertz CT molecular complexity index is 763. The van der Waals surface area contributed by atoms with Crippen LogP contribution in [0.2, 0.25) is 0 Å². The molecule has 0 heterocycles. The van der Waals surface area contributed by atoms with E-state index in [9.17, 15) is 27.9 Å². The fourth-order valence-corrected chi connectivity index (χ4v) is 2.60. The lowest BCUT2D eigenvalue weighted by Crippen LogP contribution is -2.55. The van der Waals surface area contributed by atoms with Crippen molar-refractivity contribution < 1.29 is 32.6 Å². The van der Waals surface area contributed by atoms with E-state index in [1.807, 2.05) is 0 Å². The van der Waals surface area contributed by atoms with Crippen LogP contribution in [0.5, 0.6) is 5.75 Å². The molecule has 1 rings (SSSR count). The number of benzene rings is 1. The van der Waals surface area contributed by atoms with Crippen LogP contribution in [0, 0.1) is 17.2 Å². The first-order chi connectivity index (χ1) is 13.9. The molecule has 0 radical (unpaired) electrons. The zero-order valence-electron chi connectivity index (χ0n) is 16.7. The molecule has 2 amide bonds. The van der Waals surface area contributed by atoms with Gasteiger partial charge in [0, 0.05) is 0 Å². The molecule has 30 heavy (non-hydrogen) atoms. The van der Waals surface area contributed by atoms with Gasteiger partial charge in [-0.1, -0.05) is 26.0 Å². The van der Waals surface area contributed by atoms with E-state index in [2.05, 4.69) is 10.6 Å². The molecule has 0 aromatic heterocycles. The summed E-state index contributed by atoms with van der Waals surface area (Å²) in [4.78, 5) is 25.1. The summed E-state index contributed by atoms with van der Waals surface area (Å²) >= 11 is 0. The van der Waals surface area contributed by atoms with E-state index in [1.165, 1.54) is 45.2 Å². The molecule has 0 aliphatic heterocycles. The number of halogens is 3. The Morgan fingerprint density at radius 3 is 2.20 bits per heavy atom. The molecule has 8 nitrogen and oxygen atoms in total. The van der Waals surface area contributed by atoms with E-state index >= 15 is 0 Å². The van der Waals surface area contributed by atoms with Gasteiger partial charge in [0.15, 0.2) is 6.10 Å². The first-order valence-corrected chi connectivity index (χ1v) is 9.04. The van der Waals surface area contributed by atoms with Crippen molar-refractivity contribution in [1.82, 2.24) is 10.6 Å². The number of nitrogens with one attached hydrogen (secondary N) is 2. The molecule has 0 aliphatic rings. The van der Waals surface area contributed by atoms with Crippen molar-refractivity contribution in [3.05, 3.63) is 29.8 Å². The third-order valence-corrected chi connectivity index (χ3v) is 4.35. The molecule has 5 N–H and O–H groups in total. The second-order valence-corrected chi connectivity index (χ2v) is 6.95. The quantitative estimate of drug-likeness (QED) is 0.464. The summed E-state index contributed by atoms with van der Waals surface area (Å²) in [6.45, 7) is 2.81. The number of aliphatic hydroxyl groups excluding tert-OH is 1. The number of amides is 2. The minimum atomic E-state index is -4.95. The molecule has 4 atom stereocenters. The largest absolute Gasteiger partial charge is 0.497 e. The maximum absolute atomic E-state index is 13.0. The first-order valence-electron chi connectivity index (χ1n) is 9.04. The molecular weight excluding hydrogens is 405 g/mol. The number of nitrogens with two attached hydrogens (primary N) is 1. The lowest BCUT2D eigenvalue weighted by Gasteiger charge is -2.31. The SMILES string of the molecule is COc1ccc(C(NC(=O)C(N)CC#N)C(=O)NC(C(C)C)C(O)C(F)(F)F)cc1. The van der Waals surface area contributed by atoms with Crippen LogP contribution in [0.25, 0.3) is 0 Å². The van der Waals surface area contributed by atoms with E-state index in [0.29, 0.717) is 5.75 Å². The van der Waals surface area contributed by atoms with Crippen LogP contribution in [0.15, 0.2) is 24.3 Å². The fourth-order valence-electron chi connectivity index (χ4n) is 2.60. The lowest BCUT2D eigenvalue weighted by molar-refractivity contribution is -0.215. The van der Waals surface area contributed by atoms with Gasteiger partial charge in [0.2, 0.25) is 11.8 Å². The van der Waals surface area contributed by atoms with Gasteiger partial charge in [-0.25, -0.2) is 0 Å². The van der Waals surface area contributed by atoms with Crippen molar-refractivity contribution in [2.24, 2.45) is 11.7 Å². The lowest BCUT2D eigenvalue weighted by atomic mass is 9.96. The summed E-state index contributed by atoms with van der Waals surface area (Å²) in [5, 5.41) is 22.8. The zero-order valence-corrected chi connectivity index (χ0v) is 16.7. The second-order valence-electron chi connectivity index (χ2n) is 6.95. The summed E-state index contributed by atoms with van der Waals surface area (Å²) in [6, 6.07) is 3.33. The maximum atomic E-state index is 13.0. The van der Waals surface area contributed by atoms with Crippen molar-refractivity contribution >= 4 is 11.8 Å². The monoisotopic (exact) mass is 430 g/mol. The molecule has 0 bridgehead atoms. The summed E-state index contributed by atoms with van der Waals surface area (Å²) in [6.07, 6.45) is -8.06. The van der Waals surface area contributed by atoms with Crippen molar-refractivity contribution in [1.29, 1.82) is 5.26 Å². The standard InChI is InChI=1S/C19H25F3N4O4/c1-10(2)14(16(27)19(20,21)22)25-18(29)15(26-17(28)13(24)8-9-23)11-4-6-12(30-3)7-5-11/h4-7,10,13-16,27H,8,24H2,1-3H3,(H,25,29)(H,26,28). The van der Waals surface area contributed by atoms with Crippen LogP contribution >= 0.6 is 0 Å². The van der Waals surface area contributed by atoms with Crippen LogP contribution in [0.4, 0.5) is 13.2 Å².